The molecule has 0 radical (unpaired) electrons. The van der Waals surface area contributed by atoms with Crippen molar-refractivity contribution < 1.29 is 19.0 Å². The lowest BCUT2D eigenvalue weighted by Crippen LogP contribution is -2.38. The van der Waals surface area contributed by atoms with Gasteiger partial charge in [0.1, 0.15) is 17.6 Å². The normalized spacial score (nSPS) is 14.7. The molecule has 192 valence electrons. The van der Waals surface area contributed by atoms with E-state index in [9.17, 15) is 19.6 Å². The first kappa shape index (κ1) is 26.2. The van der Waals surface area contributed by atoms with Gasteiger partial charge >= 0.3 is 5.97 Å². The van der Waals surface area contributed by atoms with Crippen molar-refractivity contribution in [1.82, 2.24) is 4.98 Å². The number of piperidine rings is 1. The molecule has 37 heavy (non-hydrogen) atoms. The number of rotatable bonds is 8. The van der Waals surface area contributed by atoms with Crippen molar-refractivity contribution in [1.29, 1.82) is 5.26 Å². The van der Waals surface area contributed by atoms with Crippen LogP contribution in [0.5, 0.6) is 5.75 Å². The van der Waals surface area contributed by atoms with E-state index in [1.807, 2.05) is 13.0 Å². The summed E-state index contributed by atoms with van der Waals surface area (Å²) in [5, 5.41) is 19.5. The lowest BCUT2D eigenvalue weighted by Gasteiger charge is -2.40. The molecular formula is C30H32FN3O3. The minimum Gasteiger partial charge on any atom is -0.492 e. The average Bonchev–Trinajstić information content (AvgIpc) is 2.86. The highest BCUT2D eigenvalue weighted by Crippen LogP contribution is 2.40. The lowest BCUT2D eigenvalue weighted by molar-refractivity contribution is -0.136. The molecule has 0 atom stereocenters. The largest absolute Gasteiger partial charge is 0.492 e. The Hall–Kier alpha value is -3.92. The third-order valence-corrected chi connectivity index (χ3v) is 7.10. The van der Waals surface area contributed by atoms with Gasteiger partial charge in [-0.3, -0.25) is 9.78 Å². The molecule has 4 rings (SSSR count). The Balaban J connectivity index is 1.65. The topological polar surface area (TPSA) is 86.5 Å². The molecule has 0 bridgehead atoms. The second-order valence-electron chi connectivity index (χ2n) is 10.4. The zero-order valence-electron chi connectivity index (χ0n) is 21.6. The first-order valence-electron chi connectivity index (χ1n) is 12.5. The molecule has 1 aliphatic rings. The molecule has 6 nitrogen and oxygen atoms in total. The fourth-order valence-corrected chi connectivity index (χ4v) is 4.75. The van der Waals surface area contributed by atoms with E-state index in [1.165, 1.54) is 12.1 Å². The SMILES string of the molecule is Cc1ncc(-c2ccc(OCCc3ccc(F)cc3)c(C#N)c2)c(N2CCC(C)(C)CC2)c1CC(=O)O. The summed E-state index contributed by atoms with van der Waals surface area (Å²) in [6, 6.07) is 13.9. The Labute approximate surface area is 217 Å². The van der Waals surface area contributed by atoms with Crippen LogP contribution in [0.1, 0.15) is 49.1 Å². The zero-order valence-corrected chi connectivity index (χ0v) is 21.6. The molecule has 2 heterocycles. The van der Waals surface area contributed by atoms with Crippen molar-refractivity contribution in [2.75, 3.05) is 24.6 Å². The van der Waals surface area contributed by atoms with Crippen LogP contribution in [0.3, 0.4) is 0 Å². The molecule has 0 saturated carbocycles. The molecule has 3 aromatic rings. The Morgan fingerprint density at radius 2 is 1.89 bits per heavy atom. The van der Waals surface area contributed by atoms with E-state index >= 15 is 0 Å². The minimum absolute atomic E-state index is 0.114. The van der Waals surface area contributed by atoms with Gasteiger partial charge in [0.05, 0.1) is 24.3 Å². The maximum Gasteiger partial charge on any atom is 0.307 e. The second-order valence-corrected chi connectivity index (χ2v) is 10.4. The fourth-order valence-electron chi connectivity index (χ4n) is 4.75. The standard InChI is InChI=1S/C30H32FN3O3/c1-20-25(17-28(35)36)29(34-13-11-30(2,3)12-14-34)26(19-33-20)22-6-9-27(23(16-22)18-32)37-15-10-21-4-7-24(31)8-5-21/h4-9,16,19H,10-15,17H2,1-3H3,(H,35,36). The number of aryl methyl sites for hydroxylation is 1. The number of hydrogen-bond acceptors (Lipinski definition) is 5. The van der Waals surface area contributed by atoms with Crippen LogP contribution in [0, 0.1) is 29.5 Å². The summed E-state index contributed by atoms with van der Waals surface area (Å²) < 4.78 is 19.0. The van der Waals surface area contributed by atoms with Crippen LogP contribution in [0.4, 0.5) is 10.1 Å². The molecule has 2 aromatic carbocycles. The highest BCUT2D eigenvalue weighted by Gasteiger charge is 2.29. The average molecular weight is 502 g/mol. The van der Waals surface area contributed by atoms with Gasteiger partial charge < -0.3 is 14.7 Å². The van der Waals surface area contributed by atoms with Crippen molar-refractivity contribution in [3.63, 3.8) is 0 Å². The summed E-state index contributed by atoms with van der Waals surface area (Å²) in [6.45, 7) is 8.36. The van der Waals surface area contributed by atoms with Crippen LogP contribution < -0.4 is 9.64 Å². The highest BCUT2D eigenvalue weighted by molar-refractivity contribution is 5.85. The van der Waals surface area contributed by atoms with Crippen LogP contribution in [0.25, 0.3) is 11.1 Å². The van der Waals surface area contributed by atoms with Gasteiger partial charge in [0, 0.05) is 42.5 Å². The molecule has 7 heteroatoms. The Bertz CT molecular complexity index is 1320. The van der Waals surface area contributed by atoms with Gasteiger partial charge in [-0.2, -0.15) is 5.26 Å². The maximum absolute atomic E-state index is 13.1. The van der Waals surface area contributed by atoms with E-state index < -0.39 is 5.97 Å². The summed E-state index contributed by atoms with van der Waals surface area (Å²) in [4.78, 5) is 18.5. The zero-order chi connectivity index (χ0) is 26.6. The number of nitrogens with zero attached hydrogens (tertiary/aromatic N) is 3. The fraction of sp³-hybridized carbons (Fsp3) is 0.367. The molecule has 1 saturated heterocycles. The Morgan fingerprint density at radius 3 is 2.54 bits per heavy atom. The molecule has 1 N–H and O–H groups in total. The number of benzene rings is 2. The molecule has 0 spiro atoms. The Kier molecular flexibility index (Phi) is 7.77. The van der Waals surface area contributed by atoms with Crippen LogP contribution in [-0.4, -0.2) is 35.8 Å². The molecule has 0 amide bonds. The van der Waals surface area contributed by atoms with Crippen molar-refractivity contribution in [2.45, 2.75) is 46.5 Å². The monoisotopic (exact) mass is 501 g/mol. The van der Waals surface area contributed by atoms with Gasteiger partial charge in [0.2, 0.25) is 0 Å². The number of anilines is 1. The van der Waals surface area contributed by atoms with E-state index in [1.54, 1.807) is 30.5 Å². The number of nitriles is 1. The predicted molar refractivity (Wildman–Crippen MR) is 141 cm³/mol. The summed E-state index contributed by atoms with van der Waals surface area (Å²) in [5.74, 6) is -0.708. The number of carboxylic acids is 1. The number of halogens is 1. The van der Waals surface area contributed by atoms with E-state index in [0.29, 0.717) is 35.6 Å². The van der Waals surface area contributed by atoms with Gasteiger partial charge in [0.25, 0.3) is 0 Å². The lowest BCUT2D eigenvalue weighted by atomic mass is 9.82. The first-order chi connectivity index (χ1) is 17.7. The number of pyridine rings is 1. The molecule has 1 aliphatic heterocycles. The number of carboxylic acid groups (broad SMARTS) is 1. The molecule has 0 aliphatic carbocycles. The molecule has 1 aromatic heterocycles. The maximum atomic E-state index is 13.1. The molecule has 1 fully saturated rings. The number of aliphatic carboxylic acids is 1. The van der Waals surface area contributed by atoms with E-state index in [4.69, 9.17) is 4.74 Å². The quantitative estimate of drug-likeness (QED) is 0.411. The van der Waals surface area contributed by atoms with Crippen molar-refractivity contribution >= 4 is 11.7 Å². The number of hydrogen-bond donors (Lipinski definition) is 1. The first-order valence-corrected chi connectivity index (χ1v) is 12.5. The summed E-state index contributed by atoms with van der Waals surface area (Å²) in [7, 11) is 0. The number of aromatic nitrogens is 1. The van der Waals surface area contributed by atoms with Gasteiger partial charge in [-0.1, -0.05) is 32.0 Å². The van der Waals surface area contributed by atoms with Crippen molar-refractivity contribution in [2.24, 2.45) is 5.41 Å². The summed E-state index contributed by atoms with van der Waals surface area (Å²) in [6.07, 6.45) is 4.26. The summed E-state index contributed by atoms with van der Waals surface area (Å²) in [5.41, 5.74) is 5.49. The smallest absolute Gasteiger partial charge is 0.307 e. The van der Waals surface area contributed by atoms with Gasteiger partial charge in [-0.15, -0.1) is 0 Å². The second kappa shape index (κ2) is 11.0. The van der Waals surface area contributed by atoms with Crippen molar-refractivity contribution in [3.05, 3.63) is 76.9 Å². The van der Waals surface area contributed by atoms with Crippen LogP contribution >= 0.6 is 0 Å². The van der Waals surface area contributed by atoms with Crippen LogP contribution in [0.2, 0.25) is 0 Å². The van der Waals surface area contributed by atoms with E-state index in [0.717, 1.165) is 48.3 Å². The highest BCUT2D eigenvalue weighted by atomic mass is 19.1. The van der Waals surface area contributed by atoms with Gasteiger partial charge in [0.15, 0.2) is 0 Å². The third-order valence-electron chi connectivity index (χ3n) is 7.10. The van der Waals surface area contributed by atoms with Gasteiger partial charge in [-0.25, -0.2) is 4.39 Å². The number of ether oxygens (including phenoxy) is 1. The molecule has 0 unspecified atom stereocenters. The predicted octanol–water partition coefficient (Wildman–Crippen LogP) is 5.94. The minimum atomic E-state index is -0.900. The Morgan fingerprint density at radius 1 is 1.19 bits per heavy atom. The molecular weight excluding hydrogens is 469 g/mol. The number of carbonyl (C=O) groups is 1. The third kappa shape index (κ3) is 6.26. The van der Waals surface area contributed by atoms with E-state index in [-0.39, 0.29) is 17.7 Å². The van der Waals surface area contributed by atoms with E-state index in [2.05, 4.69) is 29.8 Å². The summed E-state index contributed by atoms with van der Waals surface area (Å²) >= 11 is 0. The van der Waals surface area contributed by atoms with Crippen molar-refractivity contribution in [3.8, 4) is 22.9 Å². The van der Waals surface area contributed by atoms with Crippen LogP contribution in [0.15, 0.2) is 48.7 Å². The van der Waals surface area contributed by atoms with Crippen LogP contribution in [-0.2, 0) is 17.6 Å². The van der Waals surface area contributed by atoms with Gasteiger partial charge in [-0.05, 0) is 60.6 Å².